The number of nitrogens with zero attached hydrogens (tertiary/aromatic N) is 1. The van der Waals surface area contributed by atoms with Gasteiger partial charge in [-0.25, -0.2) is 0 Å². The van der Waals surface area contributed by atoms with E-state index in [2.05, 4.69) is 4.90 Å². The lowest BCUT2D eigenvalue weighted by Crippen LogP contribution is -2.40. The average Bonchev–Trinajstić information content (AvgIpc) is 2.48. The Hall–Kier alpha value is -0.610. The van der Waals surface area contributed by atoms with Crippen molar-refractivity contribution < 1.29 is 9.53 Å². The SMILES string of the molecule is CC(C)(C)OC(=O)CN1CCCC1CN. The molecule has 0 aromatic rings. The molecule has 0 aromatic carbocycles. The van der Waals surface area contributed by atoms with E-state index in [0.29, 0.717) is 19.1 Å². The van der Waals surface area contributed by atoms with Gasteiger partial charge in [0, 0.05) is 12.6 Å². The molecule has 1 unspecified atom stereocenters. The van der Waals surface area contributed by atoms with Crippen LogP contribution in [0.25, 0.3) is 0 Å². The molecule has 0 saturated carbocycles. The summed E-state index contributed by atoms with van der Waals surface area (Å²) in [5, 5.41) is 0. The van der Waals surface area contributed by atoms with Gasteiger partial charge in [-0.2, -0.15) is 0 Å². The van der Waals surface area contributed by atoms with Crippen LogP contribution in [0.2, 0.25) is 0 Å². The third kappa shape index (κ3) is 4.18. The van der Waals surface area contributed by atoms with Crippen molar-refractivity contribution in [3.05, 3.63) is 0 Å². The van der Waals surface area contributed by atoms with Crippen molar-refractivity contribution in [3.63, 3.8) is 0 Å². The van der Waals surface area contributed by atoms with Crippen LogP contribution < -0.4 is 5.73 Å². The van der Waals surface area contributed by atoms with Gasteiger partial charge < -0.3 is 10.5 Å². The Morgan fingerprint density at radius 3 is 2.73 bits per heavy atom. The van der Waals surface area contributed by atoms with E-state index in [4.69, 9.17) is 10.5 Å². The van der Waals surface area contributed by atoms with Gasteiger partial charge in [-0.15, -0.1) is 0 Å². The predicted molar refractivity (Wildman–Crippen MR) is 59.5 cm³/mol. The highest BCUT2D eigenvalue weighted by Crippen LogP contribution is 2.16. The van der Waals surface area contributed by atoms with Gasteiger partial charge in [0.2, 0.25) is 0 Å². The zero-order chi connectivity index (χ0) is 11.5. The Balaban J connectivity index is 2.37. The molecule has 0 amide bonds. The maximum absolute atomic E-state index is 11.6. The van der Waals surface area contributed by atoms with Crippen LogP contribution in [0.1, 0.15) is 33.6 Å². The van der Waals surface area contributed by atoms with Gasteiger partial charge in [-0.05, 0) is 40.2 Å². The summed E-state index contributed by atoms with van der Waals surface area (Å²) < 4.78 is 5.27. The van der Waals surface area contributed by atoms with E-state index >= 15 is 0 Å². The first-order valence-corrected chi connectivity index (χ1v) is 5.58. The van der Waals surface area contributed by atoms with E-state index in [0.717, 1.165) is 19.4 Å². The van der Waals surface area contributed by atoms with E-state index in [1.807, 2.05) is 20.8 Å². The maximum atomic E-state index is 11.6. The molecule has 0 aromatic heterocycles. The molecule has 2 N–H and O–H groups in total. The molecule has 1 heterocycles. The van der Waals surface area contributed by atoms with Gasteiger partial charge in [0.1, 0.15) is 5.60 Å². The molecule has 1 rings (SSSR count). The number of hydrogen-bond donors (Lipinski definition) is 1. The van der Waals surface area contributed by atoms with Gasteiger partial charge in [0.05, 0.1) is 6.54 Å². The summed E-state index contributed by atoms with van der Waals surface area (Å²) in [5.41, 5.74) is 5.24. The number of rotatable bonds is 3. The number of carbonyl (C=O) groups excluding carboxylic acids is 1. The van der Waals surface area contributed by atoms with Crippen molar-refractivity contribution >= 4 is 5.97 Å². The first-order chi connectivity index (χ1) is 6.92. The molecule has 1 saturated heterocycles. The Morgan fingerprint density at radius 2 is 2.20 bits per heavy atom. The second-order valence-electron chi connectivity index (χ2n) is 5.09. The van der Waals surface area contributed by atoms with Crippen LogP contribution in [-0.4, -0.2) is 42.1 Å². The van der Waals surface area contributed by atoms with E-state index in [1.165, 1.54) is 0 Å². The van der Waals surface area contributed by atoms with Crippen molar-refractivity contribution in [2.45, 2.75) is 45.3 Å². The first kappa shape index (κ1) is 12.5. The molecule has 0 bridgehead atoms. The fraction of sp³-hybridized carbons (Fsp3) is 0.909. The van der Waals surface area contributed by atoms with Crippen LogP contribution in [0.5, 0.6) is 0 Å². The highest BCUT2D eigenvalue weighted by Gasteiger charge is 2.26. The van der Waals surface area contributed by atoms with Crippen molar-refractivity contribution in [1.82, 2.24) is 4.90 Å². The van der Waals surface area contributed by atoms with Crippen LogP contribution in [0.3, 0.4) is 0 Å². The molecule has 0 radical (unpaired) electrons. The van der Waals surface area contributed by atoms with Crippen molar-refractivity contribution in [2.75, 3.05) is 19.6 Å². The van der Waals surface area contributed by atoms with Crippen LogP contribution in [-0.2, 0) is 9.53 Å². The molecule has 0 spiro atoms. The van der Waals surface area contributed by atoms with Crippen LogP contribution in [0.15, 0.2) is 0 Å². The lowest BCUT2D eigenvalue weighted by molar-refractivity contribution is -0.156. The molecular formula is C11H22N2O2. The first-order valence-electron chi connectivity index (χ1n) is 5.58. The molecule has 1 atom stereocenters. The van der Waals surface area contributed by atoms with E-state index in [9.17, 15) is 4.79 Å². The Kier molecular flexibility index (Phi) is 4.11. The van der Waals surface area contributed by atoms with E-state index in [-0.39, 0.29) is 5.97 Å². The Labute approximate surface area is 91.8 Å². The average molecular weight is 214 g/mol. The second-order valence-corrected chi connectivity index (χ2v) is 5.09. The van der Waals surface area contributed by atoms with Gasteiger partial charge in [0.15, 0.2) is 0 Å². The van der Waals surface area contributed by atoms with E-state index in [1.54, 1.807) is 0 Å². The molecule has 1 fully saturated rings. The second kappa shape index (κ2) is 4.94. The fourth-order valence-corrected chi connectivity index (χ4v) is 1.91. The summed E-state index contributed by atoms with van der Waals surface area (Å²) in [7, 11) is 0. The van der Waals surface area contributed by atoms with Crippen molar-refractivity contribution in [2.24, 2.45) is 5.73 Å². The number of nitrogens with two attached hydrogens (primary N) is 1. The summed E-state index contributed by atoms with van der Waals surface area (Å²) in [4.78, 5) is 13.7. The minimum atomic E-state index is -0.394. The summed E-state index contributed by atoms with van der Waals surface area (Å²) in [6, 6.07) is 0.359. The zero-order valence-electron chi connectivity index (χ0n) is 9.95. The minimum Gasteiger partial charge on any atom is -0.459 e. The molecule has 4 heteroatoms. The van der Waals surface area contributed by atoms with Crippen molar-refractivity contribution in [1.29, 1.82) is 0 Å². The minimum absolute atomic E-state index is 0.150. The number of likely N-dealkylation sites (tertiary alicyclic amines) is 1. The van der Waals surface area contributed by atoms with Crippen molar-refractivity contribution in [3.8, 4) is 0 Å². The number of carbonyl (C=O) groups is 1. The third-order valence-electron chi connectivity index (χ3n) is 2.52. The number of ether oxygens (including phenoxy) is 1. The molecule has 88 valence electrons. The largest absolute Gasteiger partial charge is 0.459 e. The predicted octanol–water partition coefficient (Wildman–Crippen LogP) is 0.751. The summed E-state index contributed by atoms with van der Waals surface area (Å²) >= 11 is 0. The summed E-state index contributed by atoms with van der Waals surface area (Å²) in [6.07, 6.45) is 2.23. The molecule has 15 heavy (non-hydrogen) atoms. The molecular weight excluding hydrogens is 192 g/mol. The quantitative estimate of drug-likeness (QED) is 0.704. The lowest BCUT2D eigenvalue weighted by atomic mass is 10.2. The topological polar surface area (TPSA) is 55.6 Å². The normalized spacial score (nSPS) is 23.1. The van der Waals surface area contributed by atoms with Crippen LogP contribution in [0, 0.1) is 0 Å². The molecule has 1 aliphatic heterocycles. The molecule has 0 aliphatic carbocycles. The lowest BCUT2D eigenvalue weighted by Gasteiger charge is -2.25. The van der Waals surface area contributed by atoms with Gasteiger partial charge in [-0.1, -0.05) is 0 Å². The fourth-order valence-electron chi connectivity index (χ4n) is 1.91. The number of hydrogen-bond acceptors (Lipinski definition) is 4. The summed E-state index contributed by atoms with van der Waals surface area (Å²) in [6.45, 7) is 7.61. The Morgan fingerprint density at radius 1 is 1.53 bits per heavy atom. The molecule has 4 nitrogen and oxygen atoms in total. The van der Waals surface area contributed by atoms with Gasteiger partial charge >= 0.3 is 5.97 Å². The van der Waals surface area contributed by atoms with Gasteiger partial charge in [-0.3, -0.25) is 9.69 Å². The number of esters is 1. The third-order valence-corrected chi connectivity index (χ3v) is 2.52. The zero-order valence-corrected chi connectivity index (χ0v) is 9.95. The Bertz CT molecular complexity index is 223. The smallest absolute Gasteiger partial charge is 0.320 e. The molecule has 1 aliphatic rings. The van der Waals surface area contributed by atoms with Crippen LogP contribution in [0.4, 0.5) is 0 Å². The standard InChI is InChI=1S/C11H22N2O2/c1-11(2,3)15-10(14)8-13-6-4-5-9(13)7-12/h9H,4-8,12H2,1-3H3. The highest BCUT2D eigenvalue weighted by molar-refractivity contribution is 5.72. The monoisotopic (exact) mass is 214 g/mol. The summed E-state index contributed by atoms with van der Waals surface area (Å²) in [5.74, 6) is -0.150. The van der Waals surface area contributed by atoms with Crippen LogP contribution >= 0.6 is 0 Å². The van der Waals surface area contributed by atoms with Gasteiger partial charge in [0.25, 0.3) is 0 Å². The maximum Gasteiger partial charge on any atom is 0.320 e. The van der Waals surface area contributed by atoms with E-state index < -0.39 is 5.60 Å². The highest BCUT2D eigenvalue weighted by atomic mass is 16.6.